The Kier molecular flexibility index (Phi) is 7.16. The Balaban J connectivity index is 1.15. The molecule has 0 radical (unpaired) electrons. The minimum Gasteiger partial charge on any atom is -0.454 e. The van der Waals surface area contributed by atoms with Crippen molar-refractivity contribution in [3.63, 3.8) is 0 Å². The van der Waals surface area contributed by atoms with Crippen molar-refractivity contribution in [3.8, 4) is 34.0 Å². The molecule has 4 aromatic heterocycles. The third-order valence-corrected chi connectivity index (χ3v) is 11.0. The maximum absolute atomic E-state index is 6.55. The Labute approximate surface area is 322 Å². The quantitative estimate of drug-likeness (QED) is 0.172. The highest BCUT2D eigenvalue weighted by Gasteiger charge is 2.21. The van der Waals surface area contributed by atoms with Gasteiger partial charge in [-0.15, -0.1) is 0 Å². The van der Waals surface area contributed by atoms with Crippen LogP contribution in [0.4, 0.5) is 0 Å². The second kappa shape index (κ2) is 12.5. The van der Waals surface area contributed by atoms with E-state index in [-0.39, 0.29) is 0 Å². The number of nitrogens with zero attached hydrogens (tertiary/aromatic N) is 4. The predicted octanol–water partition coefficient (Wildman–Crippen LogP) is 13.6. The molecule has 0 aliphatic carbocycles. The second-order valence-corrected chi connectivity index (χ2v) is 14.2. The summed E-state index contributed by atoms with van der Waals surface area (Å²) in [5.74, 6) is 0.596. The topological polar surface area (TPSA) is 48.8 Å². The Morgan fingerprint density at radius 3 is 2.04 bits per heavy atom. The highest BCUT2D eigenvalue weighted by molar-refractivity contribution is 6.16. The highest BCUT2D eigenvalue weighted by atomic mass is 16.3. The Morgan fingerprint density at radius 2 is 1.21 bits per heavy atom. The van der Waals surface area contributed by atoms with E-state index in [9.17, 15) is 0 Å². The largest absolute Gasteiger partial charge is 0.454 e. The molecule has 0 bridgehead atoms. The molecule has 0 fully saturated rings. The molecule has 0 spiro atoms. The summed E-state index contributed by atoms with van der Waals surface area (Å²) in [5, 5.41) is 6.49. The van der Waals surface area contributed by atoms with Gasteiger partial charge in [0.1, 0.15) is 11.1 Å². The molecule has 0 unspecified atom stereocenters. The Bertz CT molecular complexity index is 3380. The van der Waals surface area contributed by atoms with Gasteiger partial charge in [0.05, 0.1) is 27.9 Å². The van der Waals surface area contributed by atoms with Crippen LogP contribution in [0.2, 0.25) is 0 Å². The van der Waals surface area contributed by atoms with E-state index >= 15 is 0 Å². The maximum atomic E-state index is 6.55. The first-order valence-corrected chi connectivity index (χ1v) is 18.9. The molecular formula is C51H34N4O. The maximum Gasteiger partial charge on any atom is 0.235 e. The molecule has 11 aromatic rings. The molecule has 0 saturated heterocycles. The van der Waals surface area contributed by atoms with Crippen LogP contribution in [0, 0.1) is 0 Å². The number of benzene rings is 7. The number of furan rings is 1. The molecule has 0 N–H and O–H groups in total. The minimum atomic E-state index is 0.596. The highest BCUT2D eigenvalue weighted by Crippen LogP contribution is 2.40. The van der Waals surface area contributed by atoms with E-state index in [4.69, 9.17) is 14.4 Å². The summed E-state index contributed by atoms with van der Waals surface area (Å²) in [4.78, 5) is 10.7. The normalized spacial score (nSPS) is 12.0. The van der Waals surface area contributed by atoms with Crippen molar-refractivity contribution in [2.45, 2.75) is 6.92 Å². The summed E-state index contributed by atoms with van der Waals surface area (Å²) in [6.07, 6.45) is 6.23. The lowest BCUT2D eigenvalue weighted by Gasteiger charge is -2.12. The standard InChI is InChI=1S/C51H34N4O/c1-3-15-43-36(4-2)38-26-24-34(31-46(38)54(43)35-18-9-6-10-19-35)33-25-29-45-42(30-33)37-20-11-13-22-44(37)55(45)51-52-48(32-16-7-5-8-17-32)41-28-27-40-39-21-12-14-23-47(39)56-50(40)49(41)53-51/h3-31H,2H2,1H3/b15-3-. The molecule has 11 rings (SSSR count). The third kappa shape index (κ3) is 4.74. The van der Waals surface area contributed by atoms with Gasteiger partial charge in [0.25, 0.3) is 0 Å². The van der Waals surface area contributed by atoms with E-state index < -0.39 is 0 Å². The van der Waals surface area contributed by atoms with Crippen molar-refractivity contribution in [3.05, 3.63) is 182 Å². The lowest BCUT2D eigenvalue weighted by atomic mass is 10.0. The van der Waals surface area contributed by atoms with Gasteiger partial charge in [0, 0.05) is 49.1 Å². The van der Waals surface area contributed by atoms with Crippen molar-refractivity contribution in [2.75, 3.05) is 0 Å². The van der Waals surface area contributed by atoms with Crippen LogP contribution in [0.3, 0.4) is 0 Å². The van der Waals surface area contributed by atoms with Crippen LogP contribution in [0.5, 0.6) is 0 Å². The van der Waals surface area contributed by atoms with E-state index in [2.05, 4.69) is 168 Å². The van der Waals surface area contributed by atoms with Gasteiger partial charge in [-0.1, -0.05) is 122 Å². The molecule has 264 valence electrons. The van der Waals surface area contributed by atoms with E-state index in [0.717, 1.165) is 99.5 Å². The van der Waals surface area contributed by atoms with E-state index in [1.807, 2.05) is 30.3 Å². The number of hydrogen-bond acceptors (Lipinski definition) is 3. The monoisotopic (exact) mass is 718 g/mol. The van der Waals surface area contributed by atoms with Gasteiger partial charge >= 0.3 is 0 Å². The molecule has 0 aliphatic heterocycles. The van der Waals surface area contributed by atoms with Gasteiger partial charge in [-0.05, 0) is 78.7 Å². The van der Waals surface area contributed by atoms with Gasteiger partial charge in [-0.3, -0.25) is 4.57 Å². The zero-order valence-electron chi connectivity index (χ0n) is 30.6. The summed E-state index contributed by atoms with van der Waals surface area (Å²) in [7, 11) is 0. The van der Waals surface area contributed by atoms with Crippen molar-refractivity contribution >= 4 is 77.7 Å². The van der Waals surface area contributed by atoms with Crippen molar-refractivity contribution in [1.29, 1.82) is 0 Å². The first-order valence-electron chi connectivity index (χ1n) is 18.9. The summed E-state index contributed by atoms with van der Waals surface area (Å²) in [6.45, 7) is 6.26. The summed E-state index contributed by atoms with van der Waals surface area (Å²) in [5.41, 5.74) is 13.1. The number of fused-ring (bicyclic) bond motifs is 9. The molecule has 4 heterocycles. The van der Waals surface area contributed by atoms with Gasteiger partial charge in [-0.2, -0.15) is 0 Å². The molecule has 56 heavy (non-hydrogen) atoms. The van der Waals surface area contributed by atoms with Crippen LogP contribution in [0.25, 0.3) is 112 Å². The molecule has 0 atom stereocenters. The zero-order chi connectivity index (χ0) is 37.3. The predicted molar refractivity (Wildman–Crippen MR) is 234 cm³/mol. The second-order valence-electron chi connectivity index (χ2n) is 14.2. The summed E-state index contributed by atoms with van der Waals surface area (Å²) in [6, 6.07) is 55.4. The van der Waals surface area contributed by atoms with Crippen molar-refractivity contribution in [2.24, 2.45) is 0 Å². The lowest BCUT2D eigenvalue weighted by Crippen LogP contribution is -2.03. The van der Waals surface area contributed by atoms with Crippen LogP contribution in [0.1, 0.15) is 18.2 Å². The molecule has 0 amide bonds. The first-order chi connectivity index (χ1) is 27.7. The van der Waals surface area contributed by atoms with Crippen LogP contribution < -0.4 is 0 Å². The fraction of sp³-hybridized carbons (Fsp3) is 0.0196. The average molecular weight is 719 g/mol. The number of para-hydroxylation sites is 3. The lowest BCUT2D eigenvalue weighted by molar-refractivity contribution is 0.671. The Hall–Kier alpha value is -7.50. The first kappa shape index (κ1) is 32.0. The van der Waals surface area contributed by atoms with E-state index in [1.165, 1.54) is 5.39 Å². The van der Waals surface area contributed by atoms with E-state index in [0.29, 0.717) is 5.95 Å². The average Bonchev–Trinajstić information content (AvgIpc) is 3.91. The van der Waals surface area contributed by atoms with Crippen LogP contribution >= 0.6 is 0 Å². The van der Waals surface area contributed by atoms with Gasteiger partial charge in [0.15, 0.2) is 5.58 Å². The van der Waals surface area contributed by atoms with Crippen LogP contribution in [0.15, 0.2) is 175 Å². The molecule has 0 aliphatic rings. The van der Waals surface area contributed by atoms with Crippen LogP contribution in [-0.2, 0) is 0 Å². The molecule has 5 heteroatoms. The number of rotatable bonds is 6. The fourth-order valence-corrected chi connectivity index (χ4v) is 8.55. The number of allylic oxidation sites excluding steroid dienone is 1. The minimum absolute atomic E-state index is 0.596. The molecular weight excluding hydrogens is 685 g/mol. The molecule has 7 aromatic carbocycles. The Morgan fingerprint density at radius 1 is 0.536 bits per heavy atom. The van der Waals surface area contributed by atoms with Crippen LogP contribution in [-0.4, -0.2) is 19.1 Å². The zero-order valence-corrected chi connectivity index (χ0v) is 30.6. The van der Waals surface area contributed by atoms with E-state index in [1.54, 1.807) is 0 Å². The van der Waals surface area contributed by atoms with Crippen molar-refractivity contribution in [1.82, 2.24) is 19.1 Å². The van der Waals surface area contributed by atoms with Gasteiger partial charge in [-0.25, -0.2) is 9.97 Å². The smallest absolute Gasteiger partial charge is 0.235 e. The summed E-state index contributed by atoms with van der Waals surface area (Å²) < 4.78 is 11.1. The van der Waals surface area contributed by atoms with Gasteiger partial charge < -0.3 is 8.98 Å². The fourth-order valence-electron chi connectivity index (χ4n) is 8.55. The van der Waals surface area contributed by atoms with Gasteiger partial charge in [0.2, 0.25) is 5.95 Å². The number of hydrogen-bond donors (Lipinski definition) is 0. The number of aromatic nitrogens is 4. The molecule has 5 nitrogen and oxygen atoms in total. The SMILES string of the molecule is C=Cc1c(/C=C\C)n(-c2ccccc2)c2cc(-c3ccc4c(c3)c3ccccc3n4-c3nc(-c4ccccc4)c4ccc5c6ccccc6oc5c4n3)ccc12. The third-order valence-electron chi connectivity index (χ3n) is 11.0. The molecule has 0 saturated carbocycles. The summed E-state index contributed by atoms with van der Waals surface area (Å²) >= 11 is 0. The van der Waals surface area contributed by atoms with Crippen molar-refractivity contribution < 1.29 is 4.42 Å².